The molecule has 0 aliphatic heterocycles. The fourth-order valence-corrected chi connectivity index (χ4v) is 11.8. The monoisotopic (exact) mass is 1070 g/mol. The molecular weight excluding hydrogens is 1020 g/mol. The van der Waals surface area contributed by atoms with Crippen molar-refractivity contribution in [3.8, 4) is 120 Å². The highest BCUT2D eigenvalue weighted by atomic mass is 15.0. The highest BCUT2D eigenvalue weighted by Crippen LogP contribution is 2.44. The Morgan fingerprint density at radius 2 is 0.524 bits per heavy atom. The predicted molar refractivity (Wildman–Crippen MR) is 335 cm³/mol. The van der Waals surface area contributed by atoms with Gasteiger partial charge in [-0.2, -0.15) is 26.3 Å². The van der Waals surface area contributed by atoms with Crippen molar-refractivity contribution >= 4 is 43.6 Å². The number of aromatic nitrogens is 3. The molecule has 3 heterocycles. The number of benzene rings is 11. The van der Waals surface area contributed by atoms with E-state index in [0.29, 0.717) is 39.2 Å². The van der Waals surface area contributed by atoms with Crippen LogP contribution in [-0.4, -0.2) is 14.1 Å². The molecule has 84 heavy (non-hydrogen) atoms. The van der Waals surface area contributed by atoms with Crippen LogP contribution < -0.4 is 0 Å². The molecule has 0 spiro atoms. The third-order valence-electron chi connectivity index (χ3n) is 15.8. The van der Waals surface area contributed by atoms with Gasteiger partial charge in [0.2, 0.25) is 0 Å². The quantitative estimate of drug-likeness (QED) is 0.141. The predicted octanol–water partition coefficient (Wildman–Crippen LogP) is 18.3. The van der Waals surface area contributed by atoms with Gasteiger partial charge >= 0.3 is 0 Å². The fourth-order valence-electron chi connectivity index (χ4n) is 11.8. The van der Waals surface area contributed by atoms with Gasteiger partial charge in [-0.1, -0.05) is 133 Å². The first-order valence-electron chi connectivity index (χ1n) is 27.3. The van der Waals surface area contributed by atoms with Crippen LogP contribution in [0.2, 0.25) is 0 Å². The van der Waals surface area contributed by atoms with Crippen LogP contribution in [0.15, 0.2) is 255 Å². The van der Waals surface area contributed by atoms with Gasteiger partial charge in [0.25, 0.3) is 0 Å². The van der Waals surface area contributed by atoms with Crippen molar-refractivity contribution in [2.24, 2.45) is 0 Å². The lowest BCUT2D eigenvalue weighted by atomic mass is 9.97. The van der Waals surface area contributed by atoms with E-state index in [-0.39, 0.29) is 0 Å². The molecule has 0 radical (unpaired) electrons. The summed E-state index contributed by atoms with van der Waals surface area (Å²) in [5, 5.41) is 55.7. The zero-order valence-corrected chi connectivity index (χ0v) is 44.8. The molecule has 8 nitrogen and oxygen atoms in total. The van der Waals surface area contributed by atoms with Crippen LogP contribution in [0.1, 0.15) is 27.8 Å². The molecule has 14 aromatic rings. The molecule has 0 amide bonds. The van der Waals surface area contributed by atoms with Crippen molar-refractivity contribution < 1.29 is 0 Å². The Balaban J connectivity index is 1.10. The number of nitrogens with zero attached hydrogens (tertiary/aromatic N) is 8. The second-order valence-corrected chi connectivity index (χ2v) is 20.7. The molecular formula is C76H42N8. The molecule has 0 bridgehead atoms. The molecule has 0 fully saturated rings. The van der Waals surface area contributed by atoms with Crippen LogP contribution in [0.4, 0.5) is 0 Å². The SMILES string of the molecule is N#Cc1cccc(-c2ccc3c(c2)c2cc(-c4cccc(C#N)c4)ccc2n3-c2cc(-c3cc(-c4ccccc4)nc(-c4ccccc4)c3)cc(-n3c4ccc(-c5cccc(C#N)c5)cc4c4cc(-c5cccc(C#N)c5)ccc43)c2C#N)c1. The van der Waals surface area contributed by atoms with Crippen molar-refractivity contribution in [1.82, 2.24) is 14.1 Å². The Bertz CT molecular complexity index is 4720. The number of hydrogen-bond acceptors (Lipinski definition) is 6. The summed E-state index contributed by atoms with van der Waals surface area (Å²) in [4.78, 5) is 5.28. The maximum absolute atomic E-state index is 12.1. The van der Waals surface area contributed by atoms with E-state index in [1.807, 2.05) is 109 Å². The van der Waals surface area contributed by atoms with Crippen LogP contribution in [0.5, 0.6) is 0 Å². The minimum Gasteiger partial charge on any atom is -0.308 e. The Morgan fingerprint density at radius 1 is 0.238 bits per heavy atom. The molecule has 3 aromatic heterocycles. The average molecular weight is 1070 g/mol. The second-order valence-electron chi connectivity index (χ2n) is 20.7. The van der Waals surface area contributed by atoms with E-state index in [1.54, 1.807) is 24.3 Å². The smallest absolute Gasteiger partial charge is 0.104 e. The molecule has 0 atom stereocenters. The minimum absolute atomic E-state index is 0.421. The molecule has 0 N–H and O–H groups in total. The largest absolute Gasteiger partial charge is 0.308 e. The van der Waals surface area contributed by atoms with Crippen LogP contribution in [0.3, 0.4) is 0 Å². The van der Waals surface area contributed by atoms with E-state index in [4.69, 9.17) is 4.98 Å². The van der Waals surface area contributed by atoms with Gasteiger partial charge in [-0.15, -0.1) is 0 Å². The summed E-state index contributed by atoms with van der Waals surface area (Å²) in [5.74, 6) is 0. The number of fused-ring (bicyclic) bond motifs is 6. The number of rotatable bonds is 9. The number of nitriles is 5. The zero-order valence-electron chi connectivity index (χ0n) is 44.8. The van der Waals surface area contributed by atoms with E-state index >= 15 is 0 Å². The van der Waals surface area contributed by atoms with Gasteiger partial charge in [-0.3, -0.25) is 0 Å². The first-order valence-corrected chi connectivity index (χ1v) is 27.3. The molecule has 14 rings (SSSR count). The van der Waals surface area contributed by atoms with Crippen LogP contribution in [0.25, 0.3) is 133 Å². The van der Waals surface area contributed by atoms with Gasteiger partial charge in [0.05, 0.1) is 91.4 Å². The van der Waals surface area contributed by atoms with Crippen LogP contribution >= 0.6 is 0 Å². The third kappa shape index (κ3) is 8.74. The highest BCUT2D eigenvalue weighted by Gasteiger charge is 2.25. The standard InChI is InChI=1S/C76H42N8/c77-43-48-11-7-19-54(31-48)58-23-27-71-64(35-58)65-36-59(55-20-8-12-49(32-55)44-78)24-28-72(65)83(71)75-41-63(62-39-69(52-15-3-1-4-16-52)82-70(40-62)53-17-5-2-6-18-53)42-76(68(75)47-81)84-73-29-25-60(56-21-9-13-50(33-56)45-79)37-66(73)67-38-61(26-30-74(67)84)57-22-10-14-51(34-57)46-80/h1-42H. The van der Waals surface area contributed by atoms with Crippen molar-refractivity contribution in [3.05, 3.63) is 283 Å². The van der Waals surface area contributed by atoms with Crippen molar-refractivity contribution in [1.29, 1.82) is 26.3 Å². The van der Waals surface area contributed by atoms with Crippen molar-refractivity contribution in [3.63, 3.8) is 0 Å². The summed E-state index contributed by atoms with van der Waals surface area (Å²) in [7, 11) is 0. The third-order valence-corrected chi connectivity index (χ3v) is 15.8. The molecule has 11 aromatic carbocycles. The van der Waals surface area contributed by atoms with Crippen molar-refractivity contribution in [2.75, 3.05) is 0 Å². The van der Waals surface area contributed by atoms with E-state index < -0.39 is 0 Å². The molecule has 386 valence electrons. The van der Waals surface area contributed by atoms with Gasteiger partial charge in [-0.25, -0.2) is 4.98 Å². The van der Waals surface area contributed by atoms with Gasteiger partial charge in [-0.05, 0) is 177 Å². The van der Waals surface area contributed by atoms with Gasteiger partial charge < -0.3 is 9.13 Å². The fraction of sp³-hybridized carbons (Fsp3) is 0. The molecule has 0 saturated carbocycles. The van der Waals surface area contributed by atoms with E-state index in [1.165, 1.54) is 0 Å². The second kappa shape index (κ2) is 20.7. The Morgan fingerprint density at radius 3 is 0.821 bits per heavy atom. The maximum Gasteiger partial charge on any atom is 0.104 e. The Kier molecular flexibility index (Phi) is 12.3. The van der Waals surface area contributed by atoms with Gasteiger partial charge in [0, 0.05) is 32.7 Å². The van der Waals surface area contributed by atoms with Gasteiger partial charge in [0.15, 0.2) is 0 Å². The molecule has 0 unspecified atom stereocenters. The van der Waals surface area contributed by atoms with Crippen LogP contribution in [0, 0.1) is 56.7 Å². The lowest BCUT2D eigenvalue weighted by Gasteiger charge is -2.19. The average Bonchev–Trinajstić information content (AvgIpc) is 2.40. The minimum atomic E-state index is 0.421. The van der Waals surface area contributed by atoms with E-state index in [9.17, 15) is 26.3 Å². The summed E-state index contributed by atoms with van der Waals surface area (Å²) in [6, 6.07) is 96.6. The summed E-state index contributed by atoms with van der Waals surface area (Å²) in [6.07, 6.45) is 0. The first kappa shape index (κ1) is 49.9. The summed E-state index contributed by atoms with van der Waals surface area (Å²) < 4.78 is 4.40. The van der Waals surface area contributed by atoms with Gasteiger partial charge in [0.1, 0.15) is 11.6 Å². The Hall–Kier alpha value is -12.4. The number of hydrogen-bond donors (Lipinski definition) is 0. The lowest BCUT2D eigenvalue weighted by Crippen LogP contribution is -2.05. The molecule has 0 saturated heterocycles. The van der Waals surface area contributed by atoms with Crippen molar-refractivity contribution in [2.45, 2.75) is 0 Å². The summed E-state index contributed by atoms with van der Waals surface area (Å²) >= 11 is 0. The summed E-state index contributed by atoms with van der Waals surface area (Å²) in [6.45, 7) is 0. The normalized spacial score (nSPS) is 11.0. The van der Waals surface area contributed by atoms with Crippen LogP contribution in [-0.2, 0) is 0 Å². The topological polar surface area (TPSA) is 142 Å². The van der Waals surface area contributed by atoms with E-state index in [0.717, 1.165) is 122 Å². The lowest BCUT2D eigenvalue weighted by molar-refractivity contribution is 1.12. The number of pyridine rings is 1. The molecule has 8 heteroatoms. The highest BCUT2D eigenvalue weighted by molar-refractivity contribution is 6.14. The molecule has 0 aliphatic rings. The first-order chi connectivity index (χ1) is 41.4. The summed E-state index contributed by atoms with van der Waals surface area (Å²) in [5.41, 5.74) is 19.8. The maximum atomic E-state index is 12.1. The molecule has 0 aliphatic carbocycles. The van der Waals surface area contributed by atoms with E-state index in [2.05, 4.69) is 161 Å². The Labute approximate surface area is 484 Å². The zero-order chi connectivity index (χ0) is 56.8.